The van der Waals surface area contributed by atoms with E-state index in [0.717, 1.165) is 5.56 Å². The highest BCUT2D eigenvalue weighted by atomic mass is 16.6. The minimum absolute atomic E-state index is 0.151. The summed E-state index contributed by atoms with van der Waals surface area (Å²) in [4.78, 5) is 24.9. The standard InChI is InChI=1S/C20H30O4/c1-19(2,3)13-23-17(21)16(12-15-10-8-7-9-11-15)18(22)24-14-20(4,5)6/h7-11,16H,12-14H2,1-6H3. The van der Waals surface area contributed by atoms with Gasteiger partial charge in [0.15, 0.2) is 5.92 Å². The molecule has 0 saturated carbocycles. The Hall–Kier alpha value is -1.84. The van der Waals surface area contributed by atoms with Gasteiger partial charge in [-0.05, 0) is 22.8 Å². The highest BCUT2D eigenvalue weighted by Gasteiger charge is 2.32. The molecule has 0 aliphatic carbocycles. The SMILES string of the molecule is CC(C)(C)COC(=O)C(Cc1ccccc1)C(=O)OCC(C)(C)C. The van der Waals surface area contributed by atoms with Gasteiger partial charge in [0, 0.05) is 0 Å². The summed E-state index contributed by atoms with van der Waals surface area (Å²) in [6.07, 6.45) is 0.285. The van der Waals surface area contributed by atoms with Crippen molar-refractivity contribution in [3.63, 3.8) is 0 Å². The Morgan fingerprint density at radius 3 is 1.62 bits per heavy atom. The largest absolute Gasteiger partial charge is 0.464 e. The third-order valence-electron chi connectivity index (χ3n) is 3.15. The second-order valence-electron chi connectivity index (χ2n) is 8.58. The summed E-state index contributed by atoms with van der Waals surface area (Å²) >= 11 is 0. The predicted octanol–water partition coefficient (Wildman–Crippen LogP) is 4.02. The highest BCUT2D eigenvalue weighted by molar-refractivity contribution is 5.95. The second-order valence-corrected chi connectivity index (χ2v) is 8.58. The van der Waals surface area contributed by atoms with Crippen molar-refractivity contribution in [3.05, 3.63) is 35.9 Å². The van der Waals surface area contributed by atoms with E-state index in [9.17, 15) is 9.59 Å². The maximum atomic E-state index is 12.4. The van der Waals surface area contributed by atoms with Crippen LogP contribution in [0.2, 0.25) is 0 Å². The maximum Gasteiger partial charge on any atom is 0.320 e. The predicted molar refractivity (Wildman–Crippen MR) is 94.5 cm³/mol. The number of carbonyl (C=O) groups is 2. The molecule has 0 N–H and O–H groups in total. The Morgan fingerprint density at radius 2 is 1.25 bits per heavy atom. The van der Waals surface area contributed by atoms with Crippen molar-refractivity contribution in [2.75, 3.05) is 13.2 Å². The molecule has 0 radical (unpaired) electrons. The lowest BCUT2D eigenvalue weighted by Gasteiger charge is -2.23. The minimum Gasteiger partial charge on any atom is -0.464 e. The molecule has 0 aliphatic heterocycles. The zero-order valence-electron chi connectivity index (χ0n) is 15.7. The highest BCUT2D eigenvalue weighted by Crippen LogP contribution is 2.19. The first-order chi connectivity index (χ1) is 11.0. The first kappa shape index (κ1) is 20.2. The molecular weight excluding hydrogens is 304 g/mol. The molecule has 0 unspecified atom stereocenters. The van der Waals surface area contributed by atoms with E-state index in [1.807, 2.05) is 71.9 Å². The molecule has 0 atom stereocenters. The number of hydrogen-bond acceptors (Lipinski definition) is 4. The lowest BCUT2D eigenvalue weighted by molar-refractivity contribution is -0.165. The molecule has 1 aromatic rings. The molecule has 134 valence electrons. The first-order valence-corrected chi connectivity index (χ1v) is 8.35. The Balaban J connectivity index is 2.82. The molecule has 0 aliphatic rings. The number of benzene rings is 1. The summed E-state index contributed by atoms with van der Waals surface area (Å²) in [5, 5.41) is 0. The fraction of sp³-hybridized carbons (Fsp3) is 0.600. The van der Waals surface area contributed by atoms with E-state index in [0.29, 0.717) is 0 Å². The number of esters is 2. The van der Waals surface area contributed by atoms with Crippen LogP contribution in [0.5, 0.6) is 0 Å². The average Bonchev–Trinajstić information content (AvgIpc) is 2.47. The molecule has 0 bridgehead atoms. The van der Waals surface area contributed by atoms with Gasteiger partial charge in [-0.25, -0.2) is 0 Å². The van der Waals surface area contributed by atoms with Gasteiger partial charge in [-0.3, -0.25) is 9.59 Å². The maximum absolute atomic E-state index is 12.4. The van der Waals surface area contributed by atoms with Gasteiger partial charge in [0.2, 0.25) is 0 Å². The third kappa shape index (κ3) is 8.14. The normalized spacial score (nSPS) is 12.1. The van der Waals surface area contributed by atoms with Gasteiger partial charge in [0.1, 0.15) is 0 Å². The van der Waals surface area contributed by atoms with Crippen LogP contribution < -0.4 is 0 Å². The van der Waals surface area contributed by atoms with E-state index >= 15 is 0 Å². The molecule has 0 amide bonds. The molecule has 4 heteroatoms. The molecule has 0 spiro atoms. The summed E-state index contributed by atoms with van der Waals surface area (Å²) in [5.74, 6) is -1.97. The van der Waals surface area contributed by atoms with Crippen LogP contribution in [0.4, 0.5) is 0 Å². The molecule has 0 heterocycles. The van der Waals surface area contributed by atoms with Crippen LogP contribution in [0.15, 0.2) is 30.3 Å². The summed E-state index contributed by atoms with van der Waals surface area (Å²) in [5.41, 5.74) is 0.604. The molecule has 0 aromatic heterocycles. The monoisotopic (exact) mass is 334 g/mol. The van der Waals surface area contributed by atoms with Gasteiger partial charge in [-0.2, -0.15) is 0 Å². The van der Waals surface area contributed by atoms with Crippen molar-refractivity contribution in [3.8, 4) is 0 Å². The van der Waals surface area contributed by atoms with Gasteiger partial charge in [-0.15, -0.1) is 0 Å². The van der Waals surface area contributed by atoms with Crippen molar-refractivity contribution < 1.29 is 19.1 Å². The van der Waals surface area contributed by atoms with E-state index in [4.69, 9.17) is 9.47 Å². The van der Waals surface area contributed by atoms with Crippen LogP contribution in [0.3, 0.4) is 0 Å². The van der Waals surface area contributed by atoms with Gasteiger partial charge in [0.25, 0.3) is 0 Å². The minimum atomic E-state index is -0.933. The number of ether oxygens (including phenoxy) is 2. The van der Waals surface area contributed by atoms with E-state index < -0.39 is 17.9 Å². The zero-order valence-corrected chi connectivity index (χ0v) is 15.7. The fourth-order valence-electron chi connectivity index (χ4n) is 1.89. The van der Waals surface area contributed by atoms with Crippen molar-refractivity contribution >= 4 is 11.9 Å². The molecule has 1 aromatic carbocycles. The van der Waals surface area contributed by atoms with Crippen LogP contribution in [-0.2, 0) is 25.5 Å². The Labute approximate surface area is 145 Å². The number of carbonyl (C=O) groups excluding carboxylic acids is 2. The lowest BCUT2D eigenvalue weighted by atomic mass is 9.97. The van der Waals surface area contributed by atoms with Crippen molar-refractivity contribution in [1.29, 1.82) is 0 Å². The smallest absolute Gasteiger partial charge is 0.320 e. The van der Waals surface area contributed by atoms with Crippen LogP contribution in [0, 0.1) is 16.7 Å². The second kappa shape index (κ2) is 8.32. The van der Waals surface area contributed by atoms with Gasteiger partial charge >= 0.3 is 11.9 Å². The van der Waals surface area contributed by atoms with Crippen molar-refractivity contribution in [2.45, 2.75) is 48.0 Å². The molecule has 0 saturated heterocycles. The summed E-state index contributed by atoms with van der Waals surface area (Å²) in [6.45, 7) is 12.4. The van der Waals surface area contributed by atoms with Gasteiger partial charge in [-0.1, -0.05) is 71.9 Å². The Bertz CT molecular complexity index is 505. The summed E-state index contributed by atoms with van der Waals surface area (Å²) in [7, 11) is 0. The van der Waals surface area contributed by atoms with Gasteiger partial charge < -0.3 is 9.47 Å². The Morgan fingerprint density at radius 1 is 0.833 bits per heavy atom. The molecular formula is C20H30O4. The molecule has 4 nitrogen and oxygen atoms in total. The molecule has 24 heavy (non-hydrogen) atoms. The van der Waals surface area contributed by atoms with Crippen molar-refractivity contribution in [2.24, 2.45) is 16.7 Å². The van der Waals surface area contributed by atoms with E-state index in [1.165, 1.54) is 0 Å². The fourth-order valence-corrected chi connectivity index (χ4v) is 1.89. The average molecular weight is 334 g/mol. The first-order valence-electron chi connectivity index (χ1n) is 8.35. The van der Waals surface area contributed by atoms with Crippen molar-refractivity contribution in [1.82, 2.24) is 0 Å². The number of rotatable bonds is 6. The van der Waals surface area contributed by atoms with Crippen LogP contribution in [-0.4, -0.2) is 25.2 Å². The van der Waals surface area contributed by atoms with Crippen LogP contribution in [0.25, 0.3) is 0 Å². The lowest BCUT2D eigenvalue weighted by Crippen LogP contribution is -2.33. The topological polar surface area (TPSA) is 52.6 Å². The van der Waals surface area contributed by atoms with Gasteiger partial charge in [0.05, 0.1) is 13.2 Å². The van der Waals surface area contributed by atoms with E-state index in [-0.39, 0.29) is 30.5 Å². The summed E-state index contributed by atoms with van der Waals surface area (Å²) in [6, 6.07) is 9.44. The van der Waals surface area contributed by atoms with E-state index in [2.05, 4.69) is 0 Å². The van der Waals surface area contributed by atoms with Crippen LogP contribution >= 0.6 is 0 Å². The molecule has 0 fully saturated rings. The zero-order chi connectivity index (χ0) is 18.4. The third-order valence-corrected chi connectivity index (χ3v) is 3.15. The Kier molecular flexibility index (Phi) is 7.00. The van der Waals surface area contributed by atoms with E-state index in [1.54, 1.807) is 0 Å². The quantitative estimate of drug-likeness (QED) is 0.582. The van der Waals surface area contributed by atoms with Crippen LogP contribution in [0.1, 0.15) is 47.1 Å². The number of hydrogen-bond donors (Lipinski definition) is 0. The summed E-state index contributed by atoms with van der Waals surface area (Å²) < 4.78 is 10.7. The molecule has 1 rings (SSSR count).